The van der Waals surface area contributed by atoms with Gasteiger partial charge in [0, 0.05) is 6.54 Å². The molecule has 0 aliphatic carbocycles. The van der Waals surface area contributed by atoms with Crippen molar-refractivity contribution < 1.29 is 22.6 Å². The van der Waals surface area contributed by atoms with Gasteiger partial charge in [-0.15, -0.1) is 0 Å². The van der Waals surface area contributed by atoms with E-state index in [9.17, 15) is 13.2 Å². The first-order valence-corrected chi connectivity index (χ1v) is 7.78. The van der Waals surface area contributed by atoms with E-state index in [1.165, 1.54) is 12.1 Å². The third kappa shape index (κ3) is 4.20. The molecule has 24 heavy (non-hydrogen) atoms. The quantitative estimate of drug-likeness (QED) is 0.842. The van der Waals surface area contributed by atoms with Crippen LogP contribution in [-0.4, -0.2) is 19.8 Å². The van der Waals surface area contributed by atoms with E-state index in [0.717, 1.165) is 34.8 Å². The molecule has 3 rings (SSSR count). The topological polar surface area (TPSA) is 30.5 Å². The van der Waals surface area contributed by atoms with E-state index in [1.54, 1.807) is 0 Å². The van der Waals surface area contributed by atoms with Gasteiger partial charge in [-0.05, 0) is 48.4 Å². The molecule has 6 heteroatoms. The van der Waals surface area contributed by atoms with Gasteiger partial charge in [-0.25, -0.2) is 0 Å². The molecular formula is C18H18F3NO2. The molecule has 0 aromatic heterocycles. The second-order valence-corrected chi connectivity index (χ2v) is 5.60. The summed E-state index contributed by atoms with van der Waals surface area (Å²) < 4.78 is 48.5. The number of halogens is 3. The van der Waals surface area contributed by atoms with Crippen molar-refractivity contribution in [3.63, 3.8) is 0 Å². The van der Waals surface area contributed by atoms with Gasteiger partial charge in [0.1, 0.15) is 13.2 Å². The van der Waals surface area contributed by atoms with Gasteiger partial charge >= 0.3 is 6.18 Å². The fourth-order valence-electron chi connectivity index (χ4n) is 2.52. The summed E-state index contributed by atoms with van der Waals surface area (Å²) in [4.78, 5) is 0. The molecule has 3 nitrogen and oxygen atoms in total. The lowest BCUT2D eigenvalue weighted by molar-refractivity contribution is -0.137. The van der Waals surface area contributed by atoms with Gasteiger partial charge in [-0.3, -0.25) is 0 Å². The van der Waals surface area contributed by atoms with Crippen molar-refractivity contribution in [2.24, 2.45) is 0 Å². The van der Waals surface area contributed by atoms with Crippen LogP contribution in [0.4, 0.5) is 13.2 Å². The molecule has 0 saturated heterocycles. The Balaban J connectivity index is 1.47. The molecule has 0 radical (unpaired) electrons. The van der Waals surface area contributed by atoms with Crippen LogP contribution in [-0.2, 0) is 19.1 Å². The lowest BCUT2D eigenvalue weighted by Crippen LogP contribution is -2.18. The van der Waals surface area contributed by atoms with Crippen molar-refractivity contribution in [2.75, 3.05) is 19.8 Å². The molecule has 128 valence electrons. The summed E-state index contributed by atoms with van der Waals surface area (Å²) in [6, 6.07) is 11.1. The summed E-state index contributed by atoms with van der Waals surface area (Å²) in [6.07, 6.45) is -3.61. The number of benzene rings is 2. The van der Waals surface area contributed by atoms with Gasteiger partial charge < -0.3 is 14.8 Å². The predicted octanol–water partition coefficient (Wildman–Crippen LogP) is 3.81. The first-order chi connectivity index (χ1) is 11.5. The standard InChI is InChI=1S/C18H18F3NO2/c19-18(20,21)15-4-1-13(2-5-15)7-8-22-12-14-3-6-16-17(11-14)24-10-9-23-16/h1-6,11,22H,7-10,12H2. The summed E-state index contributed by atoms with van der Waals surface area (Å²) in [5, 5.41) is 3.28. The summed E-state index contributed by atoms with van der Waals surface area (Å²) in [5.74, 6) is 1.51. The maximum atomic E-state index is 12.5. The highest BCUT2D eigenvalue weighted by atomic mass is 19.4. The molecule has 0 spiro atoms. The number of nitrogens with one attached hydrogen (secondary N) is 1. The largest absolute Gasteiger partial charge is 0.486 e. The number of hydrogen-bond acceptors (Lipinski definition) is 3. The molecular weight excluding hydrogens is 319 g/mol. The van der Waals surface area contributed by atoms with Crippen LogP contribution in [0, 0.1) is 0 Å². The molecule has 0 saturated carbocycles. The third-order valence-corrected chi connectivity index (χ3v) is 3.81. The lowest BCUT2D eigenvalue weighted by atomic mass is 10.1. The van der Waals surface area contributed by atoms with Gasteiger partial charge in [0.15, 0.2) is 11.5 Å². The highest BCUT2D eigenvalue weighted by Crippen LogP contribution is 2.31. The van der Waals surface area contributed by atoms with Gasteiger partial charge in [0.25, 0.3) is 0 Å². The zero-order valence-electron chi connectivity index (χ0n) is 13.0. The van der Waals surface area contributed by atoms with E-state index in [0.29, 0.717) is 32.7 Å². The molecule has 2 aromatic rings. The molecule has 1 aliphatic heterocycles. The summed E-state index contributed by atoms with van der Waals surface area (Å²) in [5.41, 5.74) is 1.33. The number of rotatable bonds is 5. The minimum atomic E-state index is -4.28. The van der Waals surface area contributed by atoms with Crippen molar-refractivity contribution in [3.05, 3.63) is 59.2 Å². The monoisotopic (exact) mass is 337 g/mol. The fraction of sp³-hybridized carbons (Fsp3) is 0.333. The first kappa shape index (κ1) is 16.6. The third-order valence-electron chi connectivity index (χ3n) is 3.81. The van der Waals surface area contributed by atoms with Crippen molar-refractivity contribution >= 4 is 0 Å². The highest BCUT2D eigenvalue weighted by Gasteiger charge is 2.29. The Morgan fingerprint density at radius 3 is 2.25 bits per heavy atom. The molecule has 0 bridgehead atoms. The van der Waals surface area contributed by atoms with Crippen LogP contribution in [0.3, 0.4) is 0 Å². The predicted molar refractivity (Wildman–Crippen MR) is 84.3 cm³/mol. The van der Waals surface area contributed by atoms with Crippen molar-refractivity contribution in [2.45, 2.75) is 19.1 Å². The number of fused-ring (bicyclic) bond motifs is 1. The Labute approximate surface area is 138 Å². The zero-order chi connectivity index (χ0) is 17.0. The second-order valence-electron chi connectivity index (χ2n) is 5.60. The Morgan fingerprint density at radius 1 is 0.875 bits per heavy atom. The van der Waals surface area contributed by atoms with Gasteiger partial charge in [0.05, 0.1) is 5.56 Å². The molecule has 2 aromatic carbocycles. The first-order valence-electron chi connectivity index (χ1n) is 7.78. The van der Waals surface area contributed by atoms with Gasteiger partial charge in [-0.2, -0.15) is 13.2 Å². The zero-order valence-corrected chi connectivity index (χ0v) is 13.0. The van der Waals surface area contributed by atoms with E-state index >= 15 is 0 Å². The molecule has 1 heterocycles. The van der Waals surface area contributed by atoms with Crippen LogP contribution in [0.1, 0.15) is 16.7 Å². The average Bonchev–Trinajstić information content (AvgIpc) is 2.58. The van der Waals surface area contributed by atoms with Crippen LogP contribution in [0.5, 0.6) is 11.5 Å². The minimum Gasteiger partial charge on any atom is -0.486 e. The SMILES string of the molecule is FC(F)(F)c1ccc(CCNCc2ccc3c(c2)OCCO3)cc1. The van der Waals surface area contributed by atoms with Crippen LogP contribution >= 0.6 is 0 Å². The smallest absolute Gasteiger partial charge is 0.416 e. The molecule has 0 atom stereocenters. The van der Waals surface area contributed by atoms with Crippen molar-refractivity contribution in [1.29, 1.82) is 0 Å². The Kier molecular flexibility index (Phi) is 4.94. The number of alkyl halides is 3. The number of ether oxygens (including phenoxy) is 2. The second kappa shape index (κ2) is 7.13. The van der Waals surface area contributed by atoms with Crippen molar-refractivity contribution in [3.8, 4) is 11.5 Å². The molecule has 0 amide bonds. The van der Waals surface area contributed by atoms with E-state index in [1.807, 2.05) is 18.2 Å². The normalized spacial score (nSPS) is 13.8. The minimum absolute atomic E-state index is 0.553. The maximum absolute atomic E-state index is 12.5. The Bertz CT molecular complexity index is 684. The maximum Gasteiger partial charge on any atom is 0.416 e. The molecule has 0 fully saturated rings. The van der Waals surface area contributed by atoms with Crippen molar-refractivity contribution in [1.82, 2.24) is 5.32 Å². The van der Waals surface area contributed by atoms with Crippen LogP contribution in [0.15, 0.2) is 42.5 Å². The van der Waals surface area contributed by atoms with Gasteiger partial charge in [0.2, 0.25) is 0 Å². The van der Waals surface area contributed by atoms with Crippen LogP contribution in [0.2, 0.25) is 0 Å². The van der Waals surface area contributed by atoms with Crippen LogP contribution in [0.25, 0.3) is 0 Å². The van der Waals surface area contributed by atoms with E-state index < -0.39 is 11.7 Å². The van der Waals surface area contributed by atoms with E-state index in [2.05, 4.69) is 5.32 Å². The summed E-state index contributed by atoms with van der Waals surface area (Å²) in [7, 11) is 0. The lowest BCUT2D eigenvalue weighted by Gasteiger charge is -2.19. The summed E-state index contributed by atoms with van der Waals surface area (Å²) in [6.45, 7) is 2.46. The fourth-order valence-corrected chi connectivity index (χ4v) is 2.52. The Hall–Kier alpha value is -2.21. The van der Waals surface area contributed by atoms with Gasteiger partial charge in [-0.1, -0.05) is 18.2 Å². The summed E-state index contributed by atoms with van der Waals surface area (Å²) >= 11 is 0. The molecule has 1 aliphatic rings. The van der Waals surface area contributed by atoms with E-state index in [-0.39, 0.29) is 0 Å². The average molecular weight is 337 g/mol. The Morgan fingerprint density at radius 2 is 1.54 bits per heavy atom. The molecule has 1 N–H and O–H groups in total. The highest BCUT2D eigenvalue weighted by molar-refractivity contribution is 5.43. The van der Waals surface area contributed by atoms with Crippen LogP contribution < -0.4 is 14.8 Å². The number of hydrogen-bond donors (Lipinski definition) is 1. The molecule has 0 unspecified atom stereocenters. The van der Waals surface area contributed by atoms with E-state index in [4.69, 9.17) is 9.47 Å².